The van der Waals surface area contributed by atoms with Crippen LogP contribution >= 0.6 is 23.2 Å². The fourth-order valence-corrected chi connectivity index (χ4v) is 5.44. The highest BCUT2D eigenvalue weighted by Gasteiger charge is 2.51. The van der Waals surface area contributed by atoms with Crippen LogP contribution in [0, 0.1) is 23.7 Å². The molecule has 5 atom stereocenters. The zero-order chi connectivity index (χ0) is 21.6. The van der Waals surface area contributed by atoms with Gasteiger partial charge in [0.05, 0.1) is 30.2 Å². The lowest BCUT2D eigenvalue weighted by atomic mass is 9.85. The summed E-state index contributed by atoms with van der Waals surface area (Å²) in [6.07, 6.45) is 6.93. The van der Waals surface area contributed by atoms with Crippen LogP contribution in [0.1, 0.15) is 25.7 Å². The van der Waals surface area contributed by atoms with Crippen LogP contribution in [0.25, 0.3) is 0 Å². The van der Waals surface area contributed by atoms with Gasteiger partial charge in [0.25, 0.3) is 0 Å². The first kappa shape index (κ1) is 21.3. The smallest absolute Gasteiger partial charge is 0.237 e. The Hall–Kier alpha value is -1.96. The lowest BCUT2D eigenvalue weighted by molar-refractivity contribution is -0.909. The number of imide groups is 2. The minimum atomic E-state index is -0.425. The largest absolute Gasteiger partial charge is 0.297 e. The quantitative estimate of drug-likeness (QED) is 0.481. The van der Waals surface area contributed by atoms with Gasteiger partial charge in [-0.3, -0.25) is 24.1 Å². The van der Waals surface area contributed by atoms with Crippen LogP contribution in [-0.4, -0.2) is 53.3 Å². The Morgan fingerprint density at radius 1 is 0.833 bits per heavy atom. The van der Waals surface area contributed by atoms with Crippen LogP contribution in [0.4, 0.5) is 0 Å². The second kappa shape index (κ2) is 8.29. The molecule has 2 heterocycles. The van der Waals surface area contributed by atoms with Gasteiger partial charge in [-0.15, -0.1) is 0 Å². The van der Waals surface area contributed by atoms with Gasteiger partial charge >= 0.3 is 0 Å². The zero-order valence-electron chi connectivity index (χ0n) is 16.5. The highest BCUT2D eigenvalue weighted by Crippen LogP contribution is 2.39. The van der Waals surface area contributed by atoms with Crippen molar-refractivity contribution in [1.29, 1.82) is 0 Å². The first-order valence-corrected chi connectivity index (χ1v) is 10.9. The average Bonchev–Trinajstić information content (AvgIpc) is 3.08. The number of fused-ring (bicyclic) bond motifs is 2. The van der Waals surface area contributed by atoms with Gasteiger partial charge in [0.15, 0.2) is 13.3 Å². The van der Waals surface area contributed by atoms with Crippen molar-refractivity contribution in [3.8, 4) is 0 Å². The molecule has 0 aromatic rings. The van der Waals surface area contributed by atoms with Crippen molar-refractivity contribution in [2.75, 3.05) is 19.9 Å². The highest BCUT2D eigenvalue weighted by molar-refractivity contribution is 6.30. The van der Waals surface area contributed by atoms with Gasteiger partial charge in [0, 0.05) is 10.1 Å². The van der Waals surface area contributed by atoms with E-state index in [-0.39, 0.29) is 48.8 Å². The molecule has 4 aliphatic rings. The van der Waals surface area contributed by atoms with Crippen molar-refractivity contribution in [1.82, 2.24) is 9.80 Å². The number of nitrogens with one attached hydrogen (secondary N) is 1. The maximum Gasteiger partial charge on any atom is 0.237 e. The molecule has 0 bridgehead atoms. The van der Waals surface area contributed by atoms with E-state index in [0.29, 0.717) is 42.3 Å². The fourth-order valence-electron chi connectivity index (χ4n) is 4.93. The summed E-state index contributed by atoms with van der Waals surface area (Å²) < 4.78 is 0. The van der Waals surface area contributed by atoms with Crippen LogP contribution in [0.2, 0.25) is 0 Å². The SMILES string of the molecule is C=CC[NH+](CN1C(=O)[C@H]2CC=C(Cl)C[C@@H]2C1=O)CN1C(=O)[C@H]2CC(Cl)=CC[C@H]2C1=O. The molecule has 0 aromatic heterocycles. The lowest BCUT2D eigenvalue weighted by Gasteiger charge is -2.26. The fraction of sp³-hybridized carbons (Fsp3) is 0.524. The Morgan fingerprint density at radius 3 is 1.63 bits per heavy atom. The maximum absolute atomic E-state index is 12.9. The Kier molecular flexibility index (Phi) is 5.88. The predicted molar refractivity (Wildman–Crippen MR) is 110 cm³/mol. The molecule has 2 fully saturated rings. The Balaban J connectivity index is 1.47. The molecular weight excluding hydrogens is 429 g/mol. The van der Waals surface area contributed by atoms with E-state index >= 15 is 0 Å². The molecule has 0 aromatic carbocycles. The lowest BCUT2D eigenvalue weighted by Crippen LogP contribution is -3.15. The van der Waals surface area contributed by atoms with Crippen molar-refractivity contribution >= 4 is 46.8 Å². The number of carbonyl (C=O) groups excluding carboxylic acids is 4. The van der Waals surface area contributed by atoms with Crippen molar-refractivity contribution in [2.45, 2.75) is 25.7 Å². The summed E-state index contributed by atoms with van der Waals surface area (Å²) in [5.41, 5.74) is 0. The number of hydrogen-bond donors (Lipinski definition) is 1. The number of rotatable bonds is 6. The Bertz CT molecular complexity index is 817. The molecule has 160 valence electrons. The minimum Gasteiger partial charge on any atom is -0.297 e. The number of amides is 4. The maximum atomic E-state index is 12.9. The molecule has 30 heavy (non-hydrogen) atoms. The number of quaternary nitrogens is 1. The van der Waals surface area contributed by atoms with E-state index in [1.165, 1.54) is 9.80 Å². The van der Waals surface area contributed by atoms with Crippen molar-refractivity contribution in [3.05, 3.63) is 34.9 Å². The molecule has 9 heteroatoms. The van der Waals surface area contributed by atoms with Crippen LogP contribution < -0.4 is 4.90 Å². The molecule has 0 radical (unpaired) electrons. The summed E-state index contributed by atoms with van der Waals surface area (Å²) in [6, 6.07) is 0. The van der Waals surface area contributed by atoms with Crippen LogP contribution in [0.3, 0.4) is 0 Å². The van der Waals surface area contributed by atoms with Crippen LogP contribution in [-0.2, 0) is 19.2 Å². The van der Waals surface area contributed by atoms with Crippen molar-refractivity contribution < 1.29 is 24.1 Å². The van der Waals surface area contributed by atoms with Gasteiger partial charge in [-0.2, -0.15) is 0 Å². The van der Waals surface area contributed by atoms with Gasteiger partial charge in [0.2, 0.25) is 23.6 Å². The zero-order valence-corrected chi connectivity index (χ0v) is 18.0. The Labute approximate surface area is 184 Å². The highest BCUT2D eigenvalue weighted by atomic mass is 35.5. The van der Waals surface area contributed by atoms with Crippen LogP contribution in [0.5, 0.6) is 0 Å². The minimum absolute atomic E-state index is 0.0830. The summed E-state index contributed by atoms with van der Waals surface area (Å²) in [5.74, 6) is -2.50. The molecule has 0 spiro atoms. The molecule has 4 amide bonds. The normalized spacial score (nSPS) is 32.1. The second-order valence-corrected chi connectivity index (χ2v) is 9.35. The van der Waals surface area contributed by atoms with Gasteiger partial charge < -0.3 is 0 Å². The van der Waals surface area contributed by atoms with Gasteiger partial charge in [-0.25, -0.2) is 9.80 Å². The van der Waals surface area contributed by atoms with E-state index < -0.39 is 11.8 Å². The third-order valence-corrected chi connectivity index (χ3v) is 7.13. The first-order chi connectivity index (χ1) is 14.3. The topological polar surface area (TPSA) is 79.2 Å². The summed E-state index contributed by atoms with van der Waals surface area (Å²) in [4.78, 5) is 54.6. The molecule has 2 aliphatic heterocycles. The monoisotopic (exact) mass is 452 g/mol. The summed E-state index contributed by atoms with van der Waals surface area (Å²) in [6.45, 7) is 4.31. The molecule has 4 rings (SSSR count). The summed E-state index contributed by atoms with van der Waals surface area (Å²) >= 11 is 12.2. The number of allylic oxidation sites excluding steroid dienone is 4. The molecule has 0 saturated carbocycles. The van der Waals surface area contributed by atoms with E-state index in [1.54, 1.807) is 18.2 Å². The number of halogens is 2. The average molecular weight is 453 g/mol. The van der Waals surface area contributed by atoms with E-state index in [4.69, 9.17) is 23.2 Å². The van der Waals surface area contributed by atoms with Gasteiger partial charge in [-0.1, -0.05) is 41.9 Å². The van der Waals surface area contributed by atoms with E-state index in [1.807, 2.05) is 0 Å². The molecular formula is C21H24Cl2N3O4+. The number of carbonyl (C=O) groups is 4. The van der Waals surface area contributed by atoms with Crippen LogP contribution in [0.15, 0.2) is 34.9 Å². The molecule has 2 aliphatic carbocycles. The van der Waals surface area contributed by atoms with Crippen molar-refractivity contribution in [3.63, 3.8) is 0 Å². The Morgan fingerprint density at radius 2 is 1.23 bits per heavy atom. The molecule has 2 saturated heterocycles. The third kappa shape index (κ3) is 3.63. The molecule has 1 N–H and O–H groups in total. The van der Waals surface area contributed by atoms with Gasteiger partial charge in [0.1, 0.15) is 0 Å². The van der Waals surface area contributed by atoms with Gasteiger partial charge in [-0.05, 0) is 31.8 Å². The molecule has 1 unspecified atom stereocenters. The standard InChI is InChI=1S/C21H23Cl2N3O4/c1-2-7-24(10-25-18(27)14-5-3-12(22)8-16(14)20(25)29)11-26-19(28)15-6-4-13(23)9-17(15)21(26)30/h2-4,14-17H,1,5-11H2/p+1/t14-,15+,16-,17-/m0/s1. The third-order valence-electron chi connectivity index (χ3n) is 6.52. The van der Waals surface area contributed by atoms with E-state index in [0.717, 1.165) is 4.90 Å². The van der Waals surface area contributed by atoms with E-state index in [9.17, 15) is 19.2 Å². The van der Waals surface area contributed by atoms with E-state index in [2.05, 4.69) is 6.58 Å². The predicted octanol–water partition coefficient (Wildman–Crippen LogP) is 1.01. The number of hydrogen-bond acceptors (Lipinski definition) is 4. The second-order valence-electron chi connectivity index (χ2n) is 8.38. The summed E-state index contributed by atoms with van der Waals surface area (Å²) in [5, 5.41) is 1.22. The summed E-state index contributed by atoms with van der Waals surface area (Å²) in [7, 11) is 0. The van der Waals surface area contributed by atoms with Crippen molar-refractivity contribution in [2.24, 2.45) is 23.7 Å². The molecule has 7 nitrogen and oxygen atoms in total. The first-order valence-electron chi connectivity index (χ1n) is 10.2. The number of nitrogens with zero attached hydrogens (tertiary/aromatic N) is 2. The number of likely N-dealkylation sites (tertiary alicyclic amines) is 2.